The summed E-state index contributed by atoms with van der Waals surface area (Å²) in [6.45, 7) is 4.38. The number of rotatable bonds is 1. The summed E-state index contributed by atoms with van der Waals surface area (Å²) in [4.78, 5) is 0. The highest BCUT2D eigenvalue weighted by Crippen LogP contribution is 2.27. The van der Waals surface area contributed by atoms with Crippen molar-refractivity contribution < 1.29 is 5.11 Å². The fourth-order valence-electron chi connectivity index (χ4n) is 1.64. The Morgan fingerprint density at radius 2 is 2.09 bits per heavy atom. The SMILES string of the molecule is CC(C)C1CCC(O)C(=N)C1. The molecule has 2 atom stereocenters. The number of aliphatic hydroxyl groups excluding tert-OH is 1. The molecule has 0 amide bonds. The van der Waals surface area contributed by atoms with Gasteiger partial charge < -0.3 is 10.5 Å². The predicted molar refractivity (Wildman–Crippen MR) is 45.9 cm³/mol. The highest BCUT2D eigenvalue weighted by molar-refractivity contribution is 5.86. The Morgan fingerprint density at radius 3 is 2.55 bits per heavy atom. The van der Waals surface area contributed by atoms with E-state index in [1.165, 1.54) is 0 Å². The first kappa shape index (κ1) is 8.72. The lowest BCUT2D eigenvalue weighted by Gasteiger charge is -2.28. The van der Waals surface area contributed by atoms with Crippen LogP contribution in [0.15, 0.2) is 0 Å². The van der Waals surface area contributed by atoms with Crippen molar-refractivity contribution in [1.82, 2.24) is 0 Å². The molecule has 2 unspecified atom stereocenters. The van der Waals surface area contributed by atoms with Crippen LogP contribution in [-0.2, 0) is 0 Å². The van der Waals surface area contributed by atoms with Gasteiger partial charge in [-0.05, 0) is 31.1 Å². The second-order valence-electron chi connectivity index (χ2n) is 3.83. The van der Waals surface area contributed by atoms with E-state index in [2.05, 4.69) is 13.8 Å². The zero-order valence-corrected chi connectivity index (χ0v) is 7.30. The second kappa shape index (κ2) is 3.35. The summed E-state index contributed by atoms with van der Waals surface area (Å²) in [7, 11) is 0. The normalized spacial score (nSPS) is 32.9. The fourth-order valence-corrected chi connectivity index (χ4v) is 1.64. The van der Waals surface area contributed by atoms with Crippen LogP contribution in [0.25, 0.3) is 0 Å². The molecule has 1 aliphatic rings. The molecule has 0 bridgehead atoms. The molecule has 0 saturated heterocycles. The molecule has 0 heterocycles. The van der Waals surface area contributed by atoms with Crippen molar-refractivity contribution in [2.24, 2.45) is 11.8 Å². The van der Waals surface area contributed by atoms with E-state index in [0.717, 1.165) is 19.3 Å². The van der Waals surface area contributed by atoms with E-state index in [-0.39, 0.29) is 0 Å². The Kier molecular flexibility index (Phi) is 2.66. The Balaban J connectivity index is 2.46. The van der Waals surface area contributed by atoms with E-state index in [0.29, 0.717) is 17.5 Å². The fraction of sp³-hybridized carbons (Fsp3) is 0.889. The highest BCUT2D eigenvalue weighted by Gasteiger charge is 2.25. The lowest BCUT2D eigenvalue weighted by Crippen LogP contribution is -2.30. The highest BCUT2D eigenvalue weighted by atomic mass is 16.3. The average molecular weight is 155 g/mol. The van der Waals surface area contributed by atoms with Crippen LogP contribution in [0.1, 0.15) is 33.1 Å². The molecule has 0 radical (unpaired) electrons. The van der Waals surface area contributed by atoms with Crippen molar-refractivity contribution in [3.05, 3.63) is 0 Å². The number of hydrogen-bond acceptors (Lipinski definition) is 2. The molecule has 11 heavy (non-hydrogen) atoms. The largest absolute Gasteiger partial charge is 0.387 e. The Labute approximate surface area is 68.1 Å². The maximum atomic E-state index is 9.25. The van der Waals surface area contributed by atoms with Crippen LogP contribution < -0.4 is 0 Å². The third kappa shape index (κ3) is 2.03. The lowest BCUT2D eigenvalue weighted by atomic mass is 9.79. The van der Waals surface area contributed by atoms with Crippen molar-refractivity contribution >= 4 is 5.71 Å². The van der Waals surface area contributed by atoms with Crippen molar-refractivity contribution in [3.8, 4) is 0 Å². The maximum absolute atomic E-state index is 9.25. The minimum absolute atomic E-state index is 0.440. The van der Waals surface area contributed by atoms with E-state index >= 15 is 0 Å². The number of nitrogens with one attached hydrogen (secondary N) is 1. The molecule has 0 spiro atoms. The van der Waals surface area contributed by atoms with Gasteiger partial charge in [-0.1, -0.05) is 13.8 Å². The molecule has 1 saturated carbocycles. The van der Waals surface area contributed by atoms with Crippen LogP contribution in [0, 0.1) is 17.2 Å². The molecule has 64 valence electrons. The number of aliphatic hydroxyl groups is 1. The van der Waals surface area contributed by atoms with E-state index in [1.807, 2.05) is 0 Å². The third-order valence-electron chi connectivity index (χ3n) is 2.64. The summed E-state index contributed by atoms with van der Waals surface area (Å²) >= 11 is 0. The van der Waals surface area contributed by atoms with Gasteiger partial charge in [0, 0.05) is 5.71 Å². The van der Waals surface area contributed by atoms with Crippen LogP contribution in [-0.4, -0.2) is 16.9 Å². The minimum Gasteiger partial charge on any atom is -0.387 e. The van der Waals surface area contributed by atoms with Gasteiger partial charge in [0.2, 0.25) is 0 Å². The van der Waals surface area contributed by atoms with Gasteiger partial charge in [-0.25, -0.2) is 0 Å². The molecule has 0 aromatic heterocycles. The molecular formula is C9H17NO. The van der Waals surface area contributed by atoms with Crippen LogP contribution in [0.5, 0.6) is 0 Å². The molecule has 1 aliphatic carbocycles. The minimum atomic E-state index is -0.440. The van der Waals surface area contributed by atoms with Crippen LogP contribution in [0.2, 0.25) is 0 Å². The predicted octanol–water partition coefficient (Wildman–Crippen LogP) is 1.82. The summed E-state index contributed by atoms with van der Waals surface area (Å²) in [6, 6.07) is 0. The van der Waals surface area contributed by atoms with Crippen LogP contribution in [0.4, 0.5) is 0 Å². The maximum Gasteiger partial charge on any atom is 0.0914 e. The summed E-state index contributed by atoms with van der Waals surface area (Å²) < 4.78 is 0. The lowest BCUT2D eigenvalue weighted by molar-refractivity contribution is 0.184. The van der Waals surface area contributed by atoms with Gasteiger partial charge >= 0.3 is 0 Å². The molecule has 1 rings (SSSR count). The van der Waals surface area contributed by atoms with Crippen LogP contribution >= 0.6 is 0 Å². The van der Waals surface area contributed by atoms with Crippen molar-refractivity contribution in [2.75, 3.05) is 0 Å². The average Bonchev–Trinajstić information content (AvgIpc) is 1.94. The monoisotopic (exact) mass is 155 g/mol. The molecule has 0 aliphatic heterocycles. The zero-order valence-electron chi connectivity index (χ0n) is 7.30. The van der Waals surface area contributed by atoms with Gasteiger partial charge in [-0.3, -0.25) is 0 Å². The topological polar surface area (TPSA) is 44.1 Å². The zero-order chi connectivity index (χ0) is 8.43. The Morgan fingerprint density at radius 1 is 1.45 bits per heavy atom. The van der Waals surface area contributed by atoms with Crippen molar-refractivity contribution in [1.29, 1.82) is 5.41 Å². The van der Waals surface area contributed by atoms with Gasteiger partial charge in [0.25, 0.3) is 0 Å². The molecule has 2 N–H and O–H groups in total. The van der Waals surface area contributed by atoms with Gasteiger partial charge in [0.1, 0.15) is 0 Å². The second-order valence-corrected chi connectivity index (χ2v) is 3.83. The quantitative estimate of drug-likeness (QED) is 0.596. The molecule has 2 nitrogen and oxygen atoms in total. The first-order valence-corrected chi connectivity index (χ1v) is 4.36. The smallest absolute Gasteiger partial charge is 0.0914 e. The third-order valence-corrected chi connectivity index (χ3v) is 2.64. The van der Waals surface area contributed by atoms with E-state index in [1.54, 1.807) is 0 Å². The van der Waals surface area contributed by atoms with E-state index in [4.69, 9.17) is 5.41 Å². The summed E-state index contributed by atoms with van der Waals surface area (Å²) in [5.74, 6) is 1.29. The van der Waals surface area contributed by atoms with E-state index in [9.17, 15) is 5.11 Å². The summed E-state index contributed by atoms with van der Waals surface area (Å²) in [5, 5.41) is 16.7. The standard InChI is InChI=1S/C9H17NO/c1-6(2)7-3-4-9(11)8(10)5-7/h6-7,9-11H,3-5H2,1-2H3. The molecule has 0 aromatic rings. The molecule has 2 heteroatoms. The van der Waals surface area contributed by atoms with Gasteiger partial charge in [-0.15, -0.1) is 0 Å². The van der Waals surface area contributed by atoms with Gasteiger partial charge in [-0.2, -0.15) is 0 Å². The number of hydrogen-bond donors (Lipinski definition) is 2. The first-order valence-electron chi connectivity index (χ1n) is 4.36. The van der Waals surface area contributed by atoms with Gasteiger partial charge in [0.05, 0.1) is 6.10 Å². The Hall–Kier alpha value is -0.370. The Bertz CT molecular complexity index is 154. The van der Waals surface area contributed by atoms with Crippen molar-refractivity contribution in [3.63, 3.8) is 0 Å². The first-order chi connectivity index (χ1) is 5.11. The summed E-state index contributed by atoms with van der Waals surface area (Å²) in [6.07, 6.45) is 2.24. The molecular weight excluding hydrogens is 138 g/mol. The molecule has 0 aromatic carbocycles. The van der Waals surface area contributed by atoms with Gasteiger partial charge in [0.15, 0.2) is 0 Å². The molecule has 1 fully saturated rings. The summed E-state index contributed by atoms with van der Waals surface area (Å²) in [5.41, 5.74) is 0.537. The van der Waals surface area contributed by atoms with E-state index < -0.39 is 6.10 Å². The van der Waals surface area contributed by atoms with Crippen LogP contribution in [0.3, 0.4) is 0 Å². The van der Waals surface area contributed by atoms with Crippen molar-refractivity contribution in [2.45, 2.75) is 39.2 Å².